The standard InChI is InChI=1S/C20H35NO/c1-3-4-5-6-7-8-9-10-12-18-13-11-14-19-15-16-20(22)17(2)21(18)19/h8-10,12,17-20,22H,3-7,11,13-16H2,1-2H3/b9-8+,12-10+/t17-,18+,19-,20?/m0/s1. The summed E-state index contributed by atoms with van der Waals surface area (Å²) >= 11 is 0. The van der Waals surface area contributed by atoms with Crippen molar-refractivity contribution in [3.63, 3.8) is 0 Å². The molecule has 2 rings (SSSR count). The first-order valence-corrected chi connectivity index (χ1v) is 9.53. The highest BCUT2D eigenvalue weighted by atomic mass is 16.3. The van der Waals surface area contributed by atoms with Crippen molar-refractivity contribution < 1.29 is 5.11 Å². The summed E-state index contributed by atoms with van der Waals surface area (Å²) < 4.78 is 0. The molecule has 2 nitrogen and oxygen atoms in total. The van der Waals surface area contributed by atoms with Crippen LogP contribution < -0.4 is 0 Å². The predicted molar refractivity (Wildman–Crippen MR) is 95.0 cm³/mol. The molecule has 2 saturated heterocycles. The van der Waals surface area contributed by atoms with Crippen molar-refractivity contribution in [2.45, 2.75) is 102 Å². The van der Waals surface area contributed by atoms with Crippen LogP contribution in [0, 0.1) is 0 Å². The molecule has 0 aromatic heterocycles. The molecule has 0 aliphatic carbocycles. The Labute approximate surface area is 137 Å². The predicted octanol–water partition coefficient (Wildman–Crippen LogP) is 4.84. The summed E-state index contributed by atoms with van der Waals surface area (Å²) in [4.78, 5) is 2.59. The molecule has 0 amide bonds. The maximum atomic E-state index is 10.2. The van der Waals surface area contributed by atoms with Gasteiger partial charge in [0.15, 0.2) is 0 Å². The fourth-order valence-electron chi connectivity index (χ4n) is 4.11. The van der Waals surface area contributed by atoms with E-state index in [2.05, 4.69) is 43.1 Å². The Morgan fingerprint density at radius 1 is 1.05 bits per heavy atom. The van der Waals surface area contributed by atoms with E-state index in [1.165, 1.54) is 57.8 Å². The van der Waals surface area contributed by atoms with Gasteiger partial charge in [-0.2, -0.15) is 0 Å². The first-order valence-electron chi connectivity index (χ1n) is 9.53. The van der Waals surface area contributed by atoms with Crippen LogP contribution in [-0.4, -0.2) is 34.2 Å². The summed E-state index contributed by atoms with van der Waals surface area (Å²) in [7, 11) is 0. The van der Waals surface area contributed by atoms with Crippen molar-refractivity contribution >= 4 is 0 Å². The normalized spacial score (nSPS) is 33.6. The van der Waals surface area contributed by atoms with Crippen molar-refractivity contribution in [2.75, 3.05) is 0 Å². The van der Waals surface area contributed by atoms with Gasteiger partial charge in [0.1, 0.15) is 0 Å². The van der Waals surface area contributed by atoms with Gasteiger partial charge in [-0.3, -0.25) is 4.90 Å². The average molecular weight is 306 g/mol. The van der Waals surface area contributed by atoms with E-state index < -0.39 is 0 Å². The van der Waals surface area contributed by atoms with E-state index in [9.17, 15) is 5.11 Å². The maximum absolute atomic E-state index is 10.2. The molecular formula is C20H35NO. The number of piperidine rings is 2. The topological polar surface area (TPSA) is 23.5 Å². The molecule has 0 aromatic carbocycles. The Morgan fingerprint density at radius 2 is 1.91 bits per heavy atom. The fourth-order valence-corrected chi connectivity index (χ4v) is 4.11. The number of aliphatic hydroxyl groups is 1. The number of aliphatic hydroxyl groups excluding tert-OH is 1. The van der Waals surface area contributed by atoms with Gasteiger partial charge in [-0.05, 0) is 45.4 Å². The van der Waals surface area contributed by atoms with Gasteiger partial charge in [-0.25, -0.2) is 0 Å². The zero-order valence-electron chi connectivity index (χ0n) is 14.6. The summed E-state index contributed by atoms with van der Waals surface area (Å²) in [5.41, 5.74) is 0. The second-order valence-corrected chi connectivity index (χ2v) is 7.15. The zero-order valence-corrected chi connectivity index (χ0v) is 14.6. The summed E-state index contributed by atoms with van der Waals surface area (Å²) in [5.74, 6) is 0. The lowest BCUT2D eigenvalue weighted by Gasteiger charge is -2.49. The smallest absolute Gasteiger partial charge is 0.0693 e. The van der Waals surface area contributed by atoms with Crippen molar-refractivity contribution in [3.05, 3.63) is 24.3 Å². The van der Waals surface area contributed by atoms with Crippen LogP contribution in [0.5, 0.6) is 0 Å². The third kappa shape index (κ3) is 4.96. The Morgan fingerprint density at radius 3 is 2.73 bits per heavy atom. The molecule has 22 heavy (non-hydrogen) atoms. The first kappa shape index (κ1) is 17.7. The van der Waals surface area contributed by atoms with E-state index in [-0.39, 0.29) is 6.10 Å². The van der Waals surface area contributed by atoms with Crippen molar-refractivity contribution in [1.29, 1.82) is 0 Å². The minimum absolute atomic E-state index is 0.139. The Bertz CT molecular complexity index is 361. The van der Waals surface area contributed by atoms with Gasteiger partial charge >= 0.3 is 0 Å². The molecule has 0 saturated carbocycles. The van der Waals surface area contributed by atoms with Gasteiger partial charge < -0.3 is 5.11 Å². The lowest BCUT2D eigenvalue weighted by Crippen LogP contribution is -2.57. The van der Waals surface area contributed by atoms with Crippen LogP contribution >= 0.6 is 0 Å². The molecule has 2 fully saturated rings. The fraction of sp³-hybridized carbons (Fsp3) is 0.800. The summed E-state index contributed by atoms with van der Waals surface area (Å²) in [5, 5.41) is 10.2. The number of fused-ring (bicyclic) bond motifs is 1. The summed E-state index contributed by atoms with van der Waals surface area (Å²) in [6.45, 7) is 4.46. The minimum Gasteiger partial charge on any atom is -0.392 e. The lowest BCUT2D eigenvalue weighted by atomic mass is 9.84. The van der Waals surface area contributed by atoms with Crippen molar-refractivity contribution in [1.82, 2.24) is 4.90 Å². The monoisotopic (exact) mass is 305 g/mol. The van der Waals surface area contributed by atoms with Crippen LogP contribution in [-0.2, 0) is 0 Å². The van der Waals surface area contributed by atoms with Gasteiger partial charge in [0.2, 0.25) is 0 Å². The minimum atomic E-state index is -0.139. The molecule has 2 heterocycles. The molecule has 0 spiro atoms. The Kier molecular flexibility index (Phi) is 7.68. The van der Waals surface area contributed by atoms with E-state index >= 15 is 0 Å². The van der Waals surface area contributed by atoms with Gasteiger partial charge in [0.25, 0.3) is 0 Å². The van der Waals surface area contributed by atoms with E-state index in [0.717, 1.165) is 6.42 Å². The molecule has 0 aromatic rings. The van der Waals surface area contributed by atoms with Crippen LogP contribution in [0.2, 0.25) is 0 Å². The SMILES string of the molecule is CCCCCC/C=C/C=C/[C@@H]1CCC[C@H]2CCC(O)[C@H](C)N21. The Hall–Kier alpha value is -0.600. The van der Waals surface area contributed by atoms with Gasteiger partial charge in [0, 0.05) is 18.1 Å². The second kappa shape index (κ2) is 9.52. The number of hydrogen-bond donors (Lipinski definition) is 1. The molecule has 2 aliphatic rings. The van der Waals surface area contributed by atoms with Crippen LogP contribution in [0.25, 0.3) is 0 Å². The van der Waals surface area contributed by atoms with E-state index in [0.29, 0.717) is 18.1 Å². The molecule has 1 unspecified atom stereocenters. The highest BCUT2D eigenvalue weighted by molar-refractivity contribution is 5.09. The summed E-state index contributed by atoms with van der Waals surface area (Å²) in [6.07, 6.45) is 21.6. The summed E-state index contributed by atoms with van der Waals surface area (Å²) in [6, 6.07) is 1.53. The van der Waals surface area contributed by atoms with Gasteiger partial charge in [-0.15, -0.1) is 0 Å². The maximum Gasteiger partial charge on any atom is 0.0693 e. The molecule has 4 atom stereocenters. The van der Waals surface area contributed by atoms with Crippen LogP contribution in [0.15, 0.2) is 24.3 Å². The first-order chi connectivity index (χ1) is 10.7. The van der Waals surface area contributed by atoms with Crippen LogP contribution in [0.1, 0.15) is 78.1 Å². The number of rotatable bonds is 7. The van der Waals surface area contributed by atoms with Gasteiger partial charge in [-0.1, -0.05) is 56.9 Å². The van der Waals surface area contributed by atoms with Crippen LogP contribution in [0.3, 0.4) is 0 Å². The molecule has 126 valence electrons. The van der Waals surface area contributed by atoms with Crippen LogP contribution in [0.4, 0.5) is 0 Å². The molecule has 2 heteroatoms. The average Bonchev–Trinajstić information content (AvgIpc) is 2.53. The molecule has 0 radical (unpaired) electrons. The lowest BCUT2D eigenvalue weighted by molar-refractivity contribution is -0.0460. The van der Waals surface area contributed by atoms with Gasteiger partial charge in [0.05, 0.1) is 6.10 Å². The van der Waals surface area contributed by atoms with Crippen molar-refractivity contribution in [3.8, 4) is 0 Å². The molecular weight excluding hydrogens is 270 g/mol. The highest BCUT2D eigenvalue weighted by Gasteiger charge is 2.38. The zero-order chi connectivity index (χ0) is 15.8. The second-order valence-electron chi connectivity index (χ2n) is 7.15. The quantitative estimate of drug-likeness (QED) is 0.537. The third-order valence-corrected chi connectivity index (χ3v) is 5.47. The molecule has 1 N–H and O–H groups in total. The van der Waals surface area contributed by atoms with Crippen molar-refractivity contribution in [2.24, 2.45) is 0 Å². The number of hydrogen-bond acceptors (Lipinski definition) is 2. The third-order valence-electron chi connectivity index (χ3n) is 5.47. The van der Waals surface area contributed by atoms with E-state index in [1.54, 1.807) is 0 Å². The number of allylic oxidation sites excluding steroid dienone is 3. The number of nitrogens with zero attached hydrogens (tertiary/aromatic N) is 1. The highest BCUT2D eigenvalue weighted by Crippen LogP contribution is 2.34. The molecule has 2 aliphatic heterocycles. The van der Waals surface area contributed by atoms with E-state index in [4.69, 9.17) is 0 Å². The Balaban J connectivity index is 1.80. The van der Waals surface area contributed by atoms with E-state index in [1.807, 2.05) is 0 Å². The number of unbranched alkanes of at least 4 members (excludes halogenated alkanes) is 4. The largest absolute Gasteiger partial charge is 0.392 e. The molecule has 0 bridgehead atoms.